The van der Waals surface area contributed by atoms with Crippen LogP contribution in [-0.4, -0.2) is 10.2 Å². The largest absolute Gasteiger partial charge is 0.382 e. The van der Waals surface area contributed by atoms with Crippen LogP contribution in [0.4, 0.5) is 14.6 Å². The molecule has 3 nitrogen and oxygen atoms in total. The standard InChI is InChI=1S/C13H15F2N3/c1-3-4-8-12(17-18-13(8)16)9-5-7(2)10(14)6-11(9)15/h5-6H,3-4H2,1-2H3,(H3,16,17,18). The Kier molecular flexibility index (Phi) is 3.32. The molecule has 5 heteroatoms. The van der Waals surface area contributed by atoms with E-state index in [0.29, 0.717) is 29.1 Å². The van der Waals surface area contributed by atoms with Crippen LogP contribution in [0.5, 0.6) is 0 Å². The molecule has 1 aromatic carbocycles. The molecule has 0 atom stereocenters. The van der Waals surface area contributed by atoms with Gasteiger partial charge < -0.3 is 5.73 Å². The molecule has 0 aliphatic carbocycles. The molecule has 0 spiro atoms. The number of nitrogen functional groups attached to an aromatic ring is 1. The third-order valence-corrected chi connectivity index (χ3v) is 2.92. The zero-order chi connectivity index (χ0) is 13.3. The predicted octanol–water partition coefficient (Wildman–Crippen LogP) is 3.20. The number of rotatable bonds is 3. The first-order chi connectivity index (χ1) is 8.54. The van der Waals surface area contributed by atoms with Crippen LogP contribution in [0.2, 0.25) is 0 Å². The summed E-state index contributed by atoms with van der Waals surface area (Å²) in [5.74, 6) is -0.798. The lowest BCUT2D eigenvalue weighted by atomic mass is 10.0. The molecule has 0 radical (unpaired) electrons. The number of aromatic nitrogens is 2. The van der Waals surface area contributed by atoms with Crippen molar-refractivity contribution < 1.29 is 8.78 Å². The van der Waals surface area contributed by atoms with Crippen molar-refractivity contribution in [2.45, 2.75) is 26.7 Å². The molecule has 0 aliphatic heterocycles. The average Bonchev–Trinajstić information content (AvgIpc) is 2.67. The highest BCUT2D eigenvalue weighted by Crippen LogP contribution is 2.30. The van der Waals surface area contributed by atoms with E-state index in [1.165, 1.54) is 6.07 Å². The Morgan fingerprint density at radius 3 is 2.67 bits per heavy atom. The predicted molar refractivity (Wildman–Crippen MR) is 67.1 cm³/mol. The molecule has 96 valence electrons. The maximum Gasteiger partial charge on any atom is 0.149 e. The summed E-state index contributed by atoms with van der Waals surface area (Å²) in [6, 6.07) is 2.36. The lowest BCUT2D eigenvalue weighted by molar-refractivity contribution is 0.579. The number of nitrogens with zero attached hydrogens (tertiary/aromatic N) is 1. The highest BCUT2D eigenvalue weighted by atomic mass is 19.1. The number of aryl methyl sites for hydroxylation is 1. The van der Waals surface area contributed by atoms with Gasteiger partial charge in [0.15, 0.2) is 0 Å². The highest BCUT2D eigenvalue weighted by Gasteiger charge is 2.16. The van der Waals surface area contributed by atoms with Crippen molar-refractivity contribution in [3.63, 3.8) is 0 Å². The third kappa shape index (κ3) is 2.08. The molecule has 0 saturated heterocycles. The summed E-state index contributed by atoms with van der Waals surface area (Å²) in [6.07, 6.45) is 1.58. The van der Waals surface area contributed by atoms with Gasteiger partial charge in [0.2, 0.25) is 0 Å². The van der Waals surface area contributed by atoms with Crippen molar-refractivity contribution >= 4 is 5.82 Å². The highest BCUT2D eigenvalue weighted by molar-refractivity contribution is 5.69. The molecule has 18 heavy (non-hydrogen) atoms. The van der Waals surface area contributed by atoms with E-state index in [1.807, 2.05) is 6.92 Å². The van der Waals surface area contributed by atoms with E-state index in [4.69, 9.17) is 5.73 Å². The zero-order valence-electron chi connectivity index (χ0n) is 10.3. The SMILES string of the molecule is CCCc1c(N)n[nH]c1-c1cc(C)c(F)cc1F. The lowest BCUT2D eigenvalue weighted by Gasteiger charge is -2.06. The molecule has 0 bridgehead atoms. The van der Waals surface area contributed by atoms with Crippen LogP contribution in [-0.2, 0) is 6.42 Å². The molecule has 1 heterocycles. The van der Waals surface area contributed by atoms with Crippen LogP contribution < -0.4 is 5.73 Å². The number of anilines is 1. The number of halogens is 2. The quantitative estimate of drug-likeness (QED) is 0.880. The summed E-state index contributed by atoms with van der Waals surface area (Å²) in [6.45, 7) is 3.60. The van der Waals surface area contributed by atoms with Crippen molar-refractivity contribution in [1.29, 1.82) is 0 Å². The van der Waals surface area contributed by atoms with Crippen LogP contribution in [0.3, 0.4) is 0 Å². The monoisotopic (exact) mass is 251 g/mol. The normalized spacial score (nSPS) is 10.9. The van der Waals surface area contributed by atoms with Crippen LogP contribution in [0.25, 0.3) is 11.3 Å². The molecule has 0 aliphatic rings. The fourth-order valence-corrected chi connectivity index (χ4v) is 1.95. The van der Waals surface area contributed by atoms with Crippen molar-refractivity contribution in [3.8, 4) is 11.3 Å². The second kappa shape index (κ2) is 4.76. The maximum atomic E-state index is 13.8. The fourth-order valence-electron chi connectivity index (χ4n) is 1.95. The molecular weight excluding hydrogens is 236 g/mol. The molecule has 1 aromatic heterocycles. The number of benzene rings is 1. The number of hydrogen-bond acceptors (Lipinski definition) is 2. The molecule has 0 saturated carbocycles. The van der Waals surface area contributed by atoms with Crippen LogP contribution in [0, 0.1) is 18.6 Å². The first-order valence-electron chi connectivity index (χ1n) is 5.83. The molecule has 0 amide bonds. The molecule has 3 N–H and O–H groups in total. The van der Waals surface area contributed by atoms with E-state index < -0.39 is 11.6 Å². The summed E-state index contributed by atoms with van der Waals surface area (Å²) in [4.78, 5) is 0. The Morgan fingerprint density at radius 2 is 2.00 bits per heavy atom. The summed E-state index contributed by atoms with van der Waals surface area (Å²) in [5.41, 5.74) is 7.76. The van der Waals surface area contributed by atoms with Gasteiger partial charge in [-0.05, 0) is 25.0 Å². The number of nitrogens with two attached hydrogens (primary N) is 1. The number of nitrogens with one attached hydrogen (secondary N) is 1. The van der Waals surface area contributed by atoms with Crippen LogP contribution in [0.15, 0.2) is 12.1 Å². The zero-order valence-corrected chi connectivity index (χ0v) is 10.3. The van der Waals surface area contributed by atoms with Crippen molar-refractivity contribution in [3.05, 3.63) is 34.9 Å². The second-order valence-corrected chi connectivity index (χ2v) is 4.29. The first kappa shape index (κ1) is 12.5. The average molecular weight is 251 g/mol. The van der Waals surface area contributed by atoms with Crippen molar-refractivity contribution in [2.24, 2.45) is 0 Å². The topological polar surface area (TPSA) is 54.7 Å². The number of hydrogen-bond donors (Lipinski definition) is 2. The third-order valence-electron chi connectivity index (χ3n) is 2.92. The minimum Gasteiger partial charge on any atom is -0.382 e. The Bertz CT molecular complexity index is 576. The van der Waals surface area contributed by atoms with E-state index in [-0.39, 0.29) is 0 Å². The van der Waals surface area contributed by atoms with Gasteiger partial charge in [0, 0.05) is 17.2 Å². The molecule has 2 aromatic rings. The first-order valence-corrected chi connectivity index (χ1v) is 5.83. The van der Waals surface area contributed by atoms with Crippen molar-refractivity contribution in [1.82, 2.24) is 10.2 Å². The summed E-state index contributed by atoms with van der Waals surface area (Å²) in [7, 11) is 0. The van der Waals surface area contributed by atoms with Gasteiger partial charge in [-0.25, -0.2) is 8.78 Å². The van der Waals surface area contributed by atoms with Crippen molar-refractivity contribution in [2.75, 3.05) is 5.73 Å². The van der Waals surface area contributed by atoms with E-state index in [9.17, 15) is 8.78 Å². The van der Waals surface area contributed by atoms with E-state index >= 15 is 0 Å². The van der Waals surface area contributed by atoms with Gasteiger partial charge in [-0.15, -0.1) is 0 Å². The summed E-state index contributed by atoms with van der Waals surface area (Å²) in [5, 5.41) is 6.62. The Morgan fingerprint density at radius 1 is 1.28 bits per heavy atom. The molecule has 0 fully saturated rings. The Labute approximate surface area is 104 Å². The second-order valence-electron chi connectivity index (χ2n) is 4.29. The fraction of sp³-hybridized carbons (Fsp3) is 0.308. The minimum atomic E-state index is -0.612. The molecule has 0 unspecified atom stereocenters. The lowest BCUT2D eigenvalue weighted by Crippen LogP contribution is -1.95. The number of H-pyrrole nitrogens is 1. The maximum absolute atomic E-state index is 13.8. The van der Waals surface area contributed by atoms with E-state index in [1.54, 1.807) is 6.92 Å². The van der Waals surface area contributed by atoms with E-state index in [0.717, 1.165) is 18.1 Å². The minimum absolute atomic E-state index is 0.307. The van der Waals surface area contributed by atoms with Gasteiger partial charge in [-0.2, -0.15) is 5.10 Å². The Hall–Kier alpha value is -1.91. The van der Waals surface area contributed by atoms with Gasteiger partial charge in [-0.3, -0.25) is 5.10 Å². The van der Waals surface area contributed by atoms with Gasteiger partial charge in [0.1, 0.15) is 17.5 Å². The van der Waals surface area contributed by atoms with Gasteiger partial charge in [0.25, 0.3) is 0 Å². The summed E-state index contributed by atoms with van der Waals surface area (Å²) < 4.78 is 27.1. The molecule has 2 rings (SSSR count). The van der Waals surface area contributed by atoms with Crippen LogP contribution >= 0.6 is 0 Å². The van der Waals surface area contributed by atoms with E-state index in [2.05, 4.69) is 10.2 Å². The molecular formula is C13H15F2N3. The summed E-state index contributed by atoms with van der Waals surface area (Å²) >= 11 is 0. The Balaban J connectivity index is 2.58. The van der Waals surface area contributed by atoms with Crippen LogP contribution in [0.1, 0.15) is 24.5 Å². The number of aromatic amines is 1. The van der Waals surface area contributed by atoms with Gasteiger partial charge in [-0.1, -0.05) is 13.3 Å². The smallest absolute Gasteiger partial charge is 0.149 e. The van der Waals surface area contributed by atoms with Gasteiger partial charge in [0.05, 0.1) is 5.69 Å². The van der Waals surface area contributed by atoms with Gasteiger partial charge >= 0.3 is 0 Å².